The average molecular weight is 281 g/mol. The number of pyridine rings is 1. The Balaban J connectivity index is 1.63. The van der Waals surface area contributed by atoms with Crippen LogP contribution in [0.15, 0.2) is 42.9 Å². The number of hydrogen-bond donors (Lipinski definition) is 0. The van der Waals surface area contributed by atoms with E-state index in [1.54, 1.807) is 10.7 Å². The van der Waals surface area contributed by atoms with Gasteiger partial charge in [0.25, 0.3) is 0 Å². The Morgan fingerprint density at radius 3 is 2.76 bits per heavy atom. The van der Waals surface area contributed by atoms with Gasteiger partial charge in [-0.3, -0.25) is 0 Å². The molecule has 0 bridgehead atoms. The first-order valence-electron chi connectivity index (χ1n) is 7.00. The lowest BCUT2D eigenvalue weighted by Gasteiger charge is -2.27. The van der Waals surface area contributed by atoms with Crippen LogP contribution in [-0.4, -0.2) is 45.9 Å². The highest BCUT2D eigenvalue weighted by atomic mass is 16.5. The van der Waals surface area contributed by atoms with Crippen LogP contribution < -0.4 is 4.90 Å². The molecule has 0 saturated carbocycles. The Kier molecular flexibility index (Phi) is 3.01. The zero-order chi connectivity index (χ0) is 14.1. The summed E-state index contributed by atoms with van der Waals surface area (Å²) in [6.45, 7) is 3.32. The molecule has 0 atom stereocenters. The van der Waals surface area contributed by atoms with E-state index in [0.717, 1.165) is 49.0 Å². The van der Waals surface area contributed by atoms with Gasteiger partial charge in [-0.05, 0) is 24.3 Å². The molecule has 106 valence electrons. The molecule has 0 aliphatic carbocycles. The zero-order valence-electron chi connectivity index (χ0n) is 11.5. The molecule has 0 unspecified atom stereocenters. The smallest absolute Gasteiger partial charge is 0.154 e. The van der Waals surface area contributed by atoms with Crippen molar-refractivity contribution in [3.63, 3.8) is 0 Å². The quantitative estimate of drug-likeness (QED) is 0.714. The first kappa shape index (κ1) is 12.3. The predicted molar refractivity (Wildman–Crippen MR) is 79.3 cm³/mol. The van der Waals surface area contributed by atoms with Gasteiger partial charge in [0.2, 0.25) is 0 Å². The van der Waals surface area contributed by atoms with Crippen molar-refractivity contribution in [2.45, 2.75) is 0 Å². The molecule has 0 spiro atoms. The van der Waals surface area contributed by atoms with Gasteiger partial charge in [-0.25, -0.2) is 14.5 Å². The third-order valence-corrected chi connectivity index (χ3v) is 3.62. The monoisotopic (exact) mass is 281 g/mol. The summed E-state index contributed by atoms with van der Waals surface area (Å²) in [6.07, 6.45) is 5.53. The molecule has 3 aromatic rings. The fourth-order valence-corrected chi connectivity index (χ4v) is 2.49. The second-order valence-corrected chi connectivity index (χ2v) is 4.96. The lowest BCUT2D eigenvalue weighted by atomic mass is 10.2. The number of anilines is 1. The topological polar surface area (TPSA) is 55.5 Å². The molecular formula is C15H15N5O. The minimum Gasteiger partial charge on any atom is -0.378 e. The van der Waals surface area contributed by atoms with Crippen LogP contribution in [0.2, 0.25) is 0 Å². The summed E-state index contributed by atoms with van der Waals surface area (Å²) in [7, 11) is 0. The van der Waals surface area contributed by atoms with Crippen LogP contribution in [-0.2, 0) is 4.74 Å². The van der Waals surface area contributed by atoms with Crippen LogP contribution in [0.4, 0.5) is 5.82 Å². The largest absolute Gasteiger partial charge is 0.378 e. The number of nitrogens with zero attached hydrogens (tertiary/aromatic N) is 5. The molecule has 6 nitrogen and oxygen atoms in total. The summed E-state index contributed by atoms with van der Waals surface area (Å²) in [6, 6.07) is 7.91. The van der Waals surface area contributed by atoms with E-state index in [1.165, 1.54) is 0 Å². The van der Waals surface area contributed by atoms with Gasteiger partial charge in [0.1, 0.15) is 5.82 Å². The predicted octanol–water partition coefficient (Wildman–Crippen LogP) is 1.63. The first-order valence-corrected chi connectivity index (χ1v) is 7.00. The van der Waals surface area contributed by atoms with Crippen LogP contribution in [0.1, 0.15) is 0 Å². The van der Waals surface area contributed by atoms with Crippen LogP contribution in [0, 0.1) is 0 Å². The summed E-state index contributed by atoms with van der Waals surface area (Å²) >= 11 is 0. The number of rotatable bonds is 2. The number of ether oxygens (including phenoxy) is 1. The van der Waals surface area contributed by atoms with Crippen molar-refractivity contribution in [3.05, 3.63) is 42.9 Å². The van der Waals surface area contributed by atoms with Crippen molar-refractivity contribution in [2.24, 2.45) is 0 Å². The van der Waals surface area contributed by atoms with E-state index in [9.17, 15) is 0 Å². The minimum atomic E-state index is 0.765. The average Bonchev–Trinajstić information content (AvgIpc) is 3.00. The van der Waals surface area contributed by atoms with Gasteiger partial charge in [0, 0.05) is 31.0 Å². The lowest BCUT2D eigenvalue weighted by Crippen LogP contribution is -2.36. The number of aromatic nitrogens is 4. The number of imidazole rings is 1. The molecule has 0 aromatic carbocycles. The summed E-state index contributed by atoms with van der Waals surface area (Å²) < 4.78 is 7.13. The Morgan fingerprint density at radius 2 is 2.00 bits per heavy atom. The molecule has 4 rings (SSSR count). The van der Waals surface area contributed by atoms with Crippen LogP contribution in [0.5, 0.6) is 0 Å². The maximum atomic E-state index is 5.36. The van der Waals surface area contributed by atoms with Crippen molar-refractivity contribution in [1.29, 1.82) is 0 Å². The summed E-state index contributed by atoms with van der Waals surface area (Å²) in [5.74, 6) is 0.990. The van der Waals surface area contributed by atoms with Crippen LogP contribution in [0.3, 0.4) is 0 Å². The molecule has 0 radical (unpaired) electrons. The Morgan fingerprint density at radius 1 is 1.10 bits per heavy atom. The number of fused-ring (bicyclic) bond motifs is 1. The fraction of sp³-hybridized carbons (Fsp3) is 0.267. The Hall–Kier alpha value is -2.47. The van der Waals surface area contributed by atoms with Crippen molar-refractivity contribution >= 4 is 11.5 Å². The molecule has 1 saturated heterocycles. The molecule has 6 heteroatoms. The van der Waals surface area contributed by atoms with E-state index in [-0.39, 0.29) is 0 Å². The normalized spacial score (nSPS) is 15.5. The number of morpholine rings is 1. The second-order valence-electron chi connectivity index (χ2n) is 4.96. The van der Waals surface area contributed by atoms with Gasteiger partial charge in [-0.1, -0.05) is 0 Å². The standard InChI is InChI=1S/C15H15N5O/c1-2-15-18-13(11-20(15)17-5-1)12-3-4-14(16-10-12)19-6-8-21-9-7-19/h1-5,10-11H,6-9H2. The zero-order valence-corrected chi connectivity index (χ0v) is 11.5. The molecule has 1 fully saturated rings. The van der Waals surface area contributed by atoms with Gasteiger partial charge < -0.3 is 9.64 Å². The first-order chi connectivity index (χ1) is 10.4. The van der Waals surface area contributed by atoms with Gasteiger partial charge >= 0.3 is 0 Å². The maximum absolute atomic E-state index is 5.36. The molecule has 1 aliphatic rings. The van der Waals surface area contributed by atoms with Gasteiger partial charge in [-0.2, -0.15) is 5.10 Å². The molecule has 3 aromatic heterocycles. The van der Waals surface area contributed by atoms with E-state index in [0.29, 0.717) is 0 Å². The summed E-state index contributed by atoms with van der Waals surface area (Å²) in [4.78, 5) is 11.3. The van der Waals surface area contributed by atoms with Crippen LogP contribution in [0.25, 0.3) is 16.9 Å². The highest BCUT2D eigenvalue weighted by Gasteiger charge is 2.12. The van der Waals surface area contributed by atoms with Gasteiger partial charge in [-0.15, -0.1) is 0 Å². The van der Waals surface area contributed by atoms with Crippen molar-refractivity contribution in [2.75, 3.05) is 31.2 Å². The van der Waals surface area contributed by atoms with Crippen molar-refractivity contribution in [3.8, 4) is 11.3 Å². The highest BCUT2D eigenvalue weighted by molar-refractivity contribution is 5.62. The van der Waals surface area contributed by atoms with E-state index >= 15 is 0 Å². The summed E-state index contributed by atoms with van der Waals surface area (Å²) in [5.41, 5.74) is 2.72. The third-order valence-electron chi connectivity index (χ3n) is 3.62. The maximum Gasteiger partial charge on any atom is 0.154 e. The van der Waals surface area contributed by atoms with E-state index < -0.39 is 0 Å². The molecule has 4 heterocycles. The lowest BCUT2D eigenvalue weighted by molar-refractivity contribution is 0.122. The third kappa shape index (κ3) is 2.34. The fourth-order valence-electron chi connectivity index (χ4n) is 2.49. The molecule has 21 heavy (non-hydrogen) atoms. The SMILES string of the molecule is c1cnn2cc(-c3ccc(N4CCOCC4)nc3)nc2c1. The molecule has 1 aliphatic heterocycles. The van der Waals surface area contributed by atoms with E-state index in [1.807, 2.05) is 30.6 Å². The van der Waals surface area contributed by atoms with Crippen LogP contribution >= 0.6 is 0 Å². The molecule has 0 N–H and O–H groups in total. The van der Waals surface area contributed by atoms with Crippen molar-refractivity contribution in [1.82, 2.24) is 19.6 Å². The Bertz CT molecular complexity index is 713. The second kappa shape index (κ2) is 5.14. The Labute approximate surface area is 122 Å². The summed E-state index contributed by atoms with van der Waals surface area (Å²) in [5, 5.41) is 4.23. The van der Waals surface area contributed by atoms with E-state index in [2.05, 4.69) is 26.0 Å². The number of hydrogen-bond acceptors (Lipinski definition) is 5. The van der Waals surface area contributed by atoms with E-state index in [4.69, 9.17) is 4.74 Å². The molecular weight excluding hydrogens is 266 g/mol. The van der Waals surface area contributed by atoms with Gasteiger partial charge in [0.15, 0.2) is 5.65 Å². The van der Waals surface area contributed by atoms with Crippen molar-refractivity contribution < 1.29 is 4.74 Å². The molecule has 0 amide bonds. The van der Waals surface area contributed by atoms with Gasteiger partial charge in [0.05, 0.1) is 25.1 Å². The minimum absolute atomic E-state index is 0.765. The highest BCUT2D eigenvalue weighted by Crippen LogP contribution is 2.20.